The molecule has 2 rings (SSSR count). The van der Waals surface area contributed by atoms with Gasteiger partial charge in [0.25, 0.3) is 0 Å². The largest absolute Gasteiger partial charge is 0.416 e. The van der Waals surface area contributed by atoms with Gasteiger partial charge in [0.2, 0.25) is 0 Å². The number of nitrogens with two attached hydrogens (primary N) is 1. The lowest BCUT2D eigenvalue weighted by molar-refractivity contribution is -0.137. The second kappa shape index (κ2) is 6.24. The minimum Gasteiger partial charge on any atom is -0.271 e. The van der Waals surface area contributed by atoms with Crippen molar-refractivity contribution in [1.29, 1.82) is 0 Å². The van der Waals surface area contributed by atoms with Crippen molar-refractivity contribution in [2.45, 2.75) is 18.6 Å². The van der Waals surface area contributed by atoms with Crippen LogP contribution in [0, 0.1) is 5.82 Å². The van der Waals surface area contributed by atoms with Crippen molar-refractivity contribution in [3.8, 4) is 0 Å². The quantitative estimate of drug-likeness (QED) is 0.514. The molecule has 1 atom stereocenters. The first-order valence-corrected chi connectivity index (χ1v) is 6.28. The zero-order valence-electron chi connectivity index (χ0n) is 11.0. The predicted octanol–water partition coefficient (Wildman–Crippen LogP) is 3.59. The molecule has 2 nitrogen and oxygen atoms in total. The van der Waals surface area contributed by atoms with E-state index in [1.165, 1.54) is 0 Å². The van der Waals surface area contributed by atoms with Crippen LogP contribution in [0.2, 0.25) is 0 Å². The van der Waals surface area contributed by atoms with Crippen molar-refractivity contribution in [1.82, 2.24) is 5.43 Å². The molecule has 0 saturated heterocycles. The van der Waals surface area contributed by atoms with Crippen molar-refractivity contribution < 1.29 is 17.6 Å². The van der Waals surface area contributed by atoms with E-state index < -0.39 is 23.6 Å². The number of hydrogen-bond donors (Lipinski definition) is 2. The first-order valence-electron chi connectivity index (χ1n) is 6.28. The highest BCUT2D eigenvalue weighted by Crippen LogP contribution is 2.32. The molecule has 0 spiro atoms. The van der Waals surface area contributed by atoms with Gasteiger partial charge in [-0.2, -0.15) is 13.2 Å². The van der Waals surface area contributed by atoms with Crippen LogP contribution in [0.25, 0.3) is 0 Å². The van der Waals surface area contributed by atoms with Gasteiger partial charge >= 0.3 is 6.18 Å². The molecule has 0 aliphatic heterocycles. The molecular formula is C15H14F4N2. The average Bonchev–Trinajstić information content (AvgIpc) is 2.45. The van der Waals surface area contributed by atoms with E-state index in [0.29, 0.717) is 0 Å². The van der Waals surface area contributed by atoms with E-state index in [9.17, 15) is 17.6 Å². The molecule has 0 aliphatic carbocycles. The summed E-state index contributed by atoms with van der Waals surface area (Å²) in [5, 5.41) is 0. The third-order valence-electron chi connectivity index (χ3n) is 3.18. The molecule has 2 aromatic rings. The first kappa shape index (κ1) is 15.5. The predicted molar refractivity (Wildman–Crippen MR) is 71.6 cm³/mol. The molecule has 0 saturated carbocycles. The summed E-state index contributed by atoms with van der Waals surface area (Å²) in [6.45, 7) is 0. The Balaban J connectivity index is 2.33. The van der Waals surface area contributed by atoms with Gasteiger partial charge in [0, 0.05) is 5.56 Å². The summed E-state index contributed by atoms with van der Waals surface area (Å²) in [4.78, 5) is 0. The molecule has 0 bridgehead atoms. The summed E-state index contributed by atoms with van der Waals surface area (Å²) in [6, 6.07) is 10.6. The Bertz CT molecular complexity index is 596. The summed E-state index contributed by atoms with van der Waals surface area (Å²) >= 11 is 0. The molecule has 3 N–H and O–H groups in total. The number of benzene rings is 2. The number of alkyl halides is 3. The molecule has 0 aromatic heterocycles. The van der Waals surface area contributed by atoms with Crippen LogP contribution < -0.4 is 11.3 Å². The van der Waals surface area contributed by atoms with E-state index in [1.54, 1.807) is 24.3 Å². The molecule has 0 fully saturated rings. The van der Waals surface area contributed by atoms with E-state index in [2.05, 4.69) is 5.43 Å². The van der Waals surface area contributed by atoms with E-state index in [-0.39, 0.29) is 12.0 Å². The summed E-state index contributed by atoms with van der Waals surface area (Å²) in [6.07, 6.45) is -4.23. The highest BCUT2D eigenvalue weighted by molar-refractivity contribution is 5.31. The highest BCUT2D eigenvalue weighted by atomic mass is 19.4. The van der Waals surface area contributed by atoms with E-state index in [0.717, 1.165) is 23.8 Å². The van der Waals surface area contributed by atoms with Crippen LogP contribution in [0.5, 0.6) is 0 Å². The van der Waals surface area contributed by atoms with Gasteiger partial charge in [-0.05, 0) is 30.2 Å². The Labute approximate surface area is 119 Å². The van der Waals surface area contributed by atoms with Crippen molar-refractivity contribution in [2.24, 2.45) is 5.84 Å². The summed E-state index contributed by atoms with van der Waals surface area (Å²) in [5.74, 6) is 4.66. The molecule has 1 unspecified atom stereocenters. The zero-order chi connectivity index (χ0) is 15.5. The van der Waals surface area contributed by atoms with Crippen molar-refractivity contribution in [3.63, 3.8) is 0 Å². The molecule has 0 radical (unpaired) electrons. The highest BCUT2D eigenvalue weighted by Gasteiger charge is 2.32. The van der Waals surface area contributed by atoms with E-state index in [1.807, 2.05) is 6.07 Å². The molecule has 6 heteroatoms. The molecule has 21 heavy (non-hydrogen) atoms. The number of hydrogen-bond acceptors (Lipinski definition) is 2. The fraction of sp³-hybridized carbons (Fsp3) is 0.200. The number of halogens is 4. The average molecular weight is 298 g/mol. The zero-order valence-corrected chi connectivity index (χ0v) is 11.0. The van der Waals surface area contributed by atoms with Crippen LogP contribution in [0.1, 0.15) is 22.7 Å². The topological polar surface area (TPSA) is 38.0 Å². The lowest BCUT2D eigenvalue weighted by Gasteiger charge is -2.19. The van der Waals surface area contributed by atoms with Gasteiger partial charge in [0.1, 0.15) is 5.82 Å². The van der Waals surface area contributed by atoms with Crippen LogP contribution in [0.3, 0.4) is 0 Å². The first-order chi connectivity index (χ1) is 9.91. The molecule has 0 amide bonds. The van der Waals surface area contributed by atoms with Gasteiger partial charge in [-0.1, -0.05) is 30.3 Å². The smallest absolute Gasteiger partial charge is 0.271 e. The Hall–Kier alpha value is -1.92. The Morgan fingerprint density at radius 1 is 1.05 bits per heavy atom. The number of hydrazine groups is 1. The van der Waals surface area contributed by atoms with Crippen molar-refractivity contribution in [2.75, 3.05) is 0 Å². The molecular weight excluding hydrogens is 284 g/mol. The standard InChI is InChI=1S/C15H14F4N2/c16-13-7-6-11(15(17,18)19)9-12(13)14(21-20)8-10-4-2-1-3-5-10/h1-7,9,14,21H,8,20H2. The molecule has 0 aliphatic rings. The van der Waals surface area contributed by atoms with E-state index in [4.69, 9.17) is 5.84 Å². The number of rotatable bonds is 4. The monoisotopic (exact) mass is 298 g/mol. The molecule has 112 valence electrons. The van der Waals surface area contributed by atoms with Crippen molar-refractivity contribution >= 4 is 0 Å². The van der Waals surface area contributed by atoms with Gasteiger partial charge in [-0.15, -0.1) is 0 Å². The molecule has 0 heterocycles. The Morgan fingerprint density at radius 3 is 2.29 bits per heavy atom. The maximum Gasteiger partial charge on any atom is 0.416 e. The van der Waals surface area contributed by atoms with Crippen LogP contribution in [0.15, 0.2) is 48.5 Å². The fourth-order valence-electron chi connectivity index (χ4n) is 2.10. The van der Waals surface area contributed by atoms with E-state index >= 15 is 0 Å². The minimum absolute atomic E-state index is 0.101. The van der Waals surface area contributed by atoms with Crippen molar-refractivity contribution in [3.05, 3.63) is 71.0 Å². The SMILES string of the molecule is NNC(Cc1ccccc1)c1cc(C(F)(F)F)ccc1F. The summed E-state index contributed by atoms with van der Waals surface area (Å²) in [7, 11) is 0. The van der Waals surface area contributed by atoms with Crippen LogP contribution in [0.4, 0.5) is 17.6 Å². The van der Waals surface area contributed by atoms with Crippen LogP contribution >= 0.6 is 0 Å². The van der Waals surface area contributed by atoms with Gasteiger partial charge in [0.05, 0.1) is 11.6 Å². The summed E-state index contributed by atoms with van der Waals surface area (Å²) < 4.78 is 52.0. The van der Waals surface area contributed by atoms with Gasteiger partial charge < -0.3 is 0 Å². The lowest BCUT2D eigenvalue weighted by Crippen LogP contribution is -2.30. The van der Waals surface area contributed by atoms with Crippen LogP contribution in [-0.4, -0.2) is 0 Å². The minimum atomic E-state index is -4.52. The van der Waals surface area contributed by atoms with Gasteiger partial charge in [-0.3, -0.25) is 11.3 Å². The van der Waals surface area contributed by atoms with Gasteiger partial charge in [-0.25, -0.2) is 4.39 Å². The second-order valence-electron chi connectivity index (χ2n) is 4.64. The maximum absolute atomic E-state index is 13.8. The third kappa shape index (κ3) is 3.80. The maximum atomic E-state index is 13.8. The molecule has 2 aromatic carbocycles. The van der Waals surface area contributed by atoms with Crippen LogP contribution in [-0.2, 0) is 12.6 Å². The van der Waals surface area contributed by atoms with Gasteiger partial charge in [0.15, 0.2) is 0 Å². The Morgan fingerprint density at radius 2 is 1.71 bits per heavy atom. The Kier molecular flexibility index (Phi) is 4.59. The summed E-state index contributed by atoms with van der Waals surface area (Å²) in [5.41, 5.74) is 2.23. The normalized spacial score (nSPS) is 13.2. The fourth-order valence-corrected chi connectivity index (χ4v) is 2.10. The second-order valence-corrected chi connectivity index (χ2v) is 4.64. The number of nitrogens with one attached hydrogen (secondary N) is 1. The third-order valence-corrected chi connectivity index (χ3v) is 3.18. The lowest BCUT2D eigenvalue weighted by atomic mass is 9.97.